The van der Waals surface area contributed by atoms with Gasteiger partial charge in [0.05, 0.1) is 16.7 Å². The molecule has 0 amide bonds. The number of non-ortho nitro benzene ring substituents is 1. The van der Waals surface area contributed by atoms with E-state index in [0.717, 1.165) is 34.7 Å². The summed E-state index contributed by atoms with van der Waals surface area (Å²) >= 11 is 9.67. The average Bonchev–Trinajstić information content (AvgIpc) is 2.47. The Morgan fingerprint density at radius 3 is 2.81 bits per heavy atom. The Hall–Kier alpha value is -1.59. The number of anilines is 1. The quantitative estimate of drug-likeness (QED) is 0.593. The van der Waals surface area contributed by atoms with E-state index in [1.807, 2.05) is 24.3 Å². The van der Waals surface area contributed by atoms with Crippen LogP contribution in [0.1, 0.15) is 23.6 Å². The maximum absolute atomic E-state index is 10.9. The van der Waals surface area contributed by atoms with Gasteiger partial charge >= 0.3 is 0 Å². The van der Waals surface area contributed by atoms with Gasteiger partial charge in [-0.05, 0) is 46.0 Å². The van der Waals surface area contributed by atoms with Crippen LogP contribution < -0.4 is 5.32 Å². The molecule has 6 heteroatoms. The third-order valence-electron chi connectivity index (χ3n) is 3.67. The van der Waals surface area contributed by atoms with Gasteiger partial charge in [-0.15, -0.1) is 0 Å². The second-order valence-electron chi connectivity index (χ2n) is 4.98. The maximum Gasteiger partial charge on any atom is 0.270 e. The number of hydrogen-bond acceptors (Lipinski definition) is 3. The van der Waals surface area contributed by atoms with E-state index in [9.17, 15) is 10.1 Å². The maximum atomic E-state index is 10.9. The molecule has 1 aliphatic rings. The molecule has 3 rings (SSSR count). The summed E-state index contributed by atoms with van der Waals surface area (Å²) in [4.78, 5) is 10.5. The van der Waals surface area contributed by atoms with Crippen LogP contribution in [0.5, 0.6) is 0 Å². The fraction of sp³-hybridized carbons (Fsp3) is 0.200. The number of nitro groups is 1. The van der Waals surface area contributed by atoms with Gasteiger partial charge in [0.1, 0.15) is 0 Å². The van der Waals surface area contributed by atoms with Crippen LogP contribution in [0, 0.1) is 10.1 Å². The summed E-state index contributed by atoms with van der Waals surface area (Å²) in [6.07, 6.45) is 1.63. The van der Waals surface area contributed by atoms with Gasteiger partial charge in [-0.25, -0.2) is 0 Å². The lowest BCUT2D eigenvalue weighted by atomic mass is 9.93. The first-order valence-corrected chi connectivity index (χ1v) is 7.71. The Morgan fingerprint density at radius 1 is 1.33 bits per heavy atom. The minimum absolute atomic E-state index is 0.110. The second kappa shape index (κ2) is 5.66. The zero-order valence-electron chi connectivity index (χ0n) is 11.0. The van der Waals surface area contributed by atoms with Crippen molar-refractivity contribution < 1.29 is 4.92 Å². The van der Waals surface area contributed by atoms with Crippen LogP contribution in [-0.2, 0) is 6.42 Å². The Labute approximate surface area is 135 Å². The van der Waals surface area contributed by atoms with Crippen LogP contribution in [-0.4, -0.2) is 4.92 Å². The number of benzene rings is 2. The summed E-state index contributed by atoms with van der Waals surface area (Å²) in [7, 11) is 0. The molecule has 108 valence electrons. The molecular weight excluding hydrogens is 356 g/mol. The molecule has 1 aliphatic heterocycles. The predicted octanol–water partition coefficient (Wildman–Crippen LogP) is 5.11. The van der Waals surface area contributed by atoms with Crippen LogP contribution in [0.25, 0.3) is 0 Å². The normalized spacial score (nSPS) is 17.0. The lowest BCUT2D eigenvalue weighted by Gasteiger charge is -2.28. The third kappa shape index (κ3) is 2.76. The largest absolute Gasteiger partial charge is 0.377 e. The summed E-state index contributed by atoms with van der Waals surface area (Å²) in [6.45, 7) is 0. The molecule has 1 heterocycles. The van der Waals surface area contributed by atoms with Crippen molar-refractivity contribution in [3.63, 3.8) is 0 Å². The van der Waals surface area contributed by atoms with Gasteiger partial charge in [-0.2, -0.15) is 0 Å². The molecule has 4 nitrogen and oxygen atoms in total. The van der Waals surface area contributed by atoms with Gasteiger partial charge in [-0.3, -0.25) is 10.1 Å². The first kappa shape index (κ1) is 14.4. The number of nitro benzene ring substituents is 1. The molecule has 1 unspecified atom stereocenters. The van der Waals surface area contributed by atoms with Crippen LogP contribution in [0.3, 0.4) is 0 Å². The molecule has 0 aromatic heterocycles. The van der Waals surface area contributed by atoms with Gasteiger partial charge in [0.25, 0.3) is 5.69 Å². The number of halogens is 2. The van der Waals surface area contributed by atoms with E-state index >= 15 is 0 Å². The van der Waals surface area contributed by atoms with Crippen LogP contribution in [0.15, 0.2) is 40.9 Å². The van der Waals surface area contributed by atoms with Crippen molar-refractivity contribution in [1.82, 2.24) is 0 Å². The Bertz CT molecular complexity index is 721. The van der Waals surface area contributed by atoms with E-state index in [1.165, 1.54) is 6.07 Å². The highest BCUT2D eigenvalue weighted by Gasteiger charge is 2.24. The van der Waals surface area contributed by atoms with Crippen molar-refractivity contribution in [2.24, 2.45) is 0 Å². The zero-order chi connectivity index (χ0) is 15.0. The molecule has 2 aromatic rings. The Morgan fingerprint density at radius 2 is 2.10 bits per heavy atom. The fourth-order valence-corrected chi connectivity index (χ4v) is 3.52. The molecule has 0 radical (unpaired) electrons. The zero-order valence-corrected chi connectivity index (χ0v) is 13.3. The second-order valence-corrected chi connectivity index (χ2v) is 6.24. The lowest BCUT2D eigenvalue weighted by molar-refractivity contribution is -0.385. The molecule has 2 aromatic carbocycles. The smallest absolute Gasteiger partial charge is 0.270 e. The van der Waals surface area contributed by atoms with Crippen molar-refractivity contribution in [2.75, 3.05) is 5.32 Å². The number of hydrogen-bond donors (Lipinski definition) is 1. The van der Waals surface area contributed by atoms with Gasteiger partial charge in [0, 0.05) is 21.6 Å². The van der Waals surface area contributed by atoms with E-state index < -0.39 is 0 Å². The molecule has 0 fully saturated rings. The molecule has 0 bridgehead atoms. The number of aryl methyl sites for hydroxylation is 1. The summed E-state index contributed by atoms with van der Waals surface area (Å²) in [5.41, 5.74) is 3.03. The van der Waals surface area contributed by atoms with Gasteiger partial charge in [-0.1, -0.05) is 29.8 Å². The number of fused-ring (bicyclic) bond motifs is 1. The van der Waals surface area contributed by atoms with E-state index in [4.69, 9.17) is 11.6 Å². The molecule has 21 heavy (non-hydrogen) atoms. The van der Waals surface area contributed by atoms with Gasteiger partial charge < -0.3 is 5.32 Å². The van der Waals surface area contributed by atoms with Crippen molar-refractivity contribution in [3.05, 3.63) is 67.1 Å². The molecule has 1 N–H and O–H groups in total. The standard InChI is InChI=1S/C15H12BrClN2O2/c16-12-8-10(19(20)21)7-9-5-6-14(18-15(9)12)11-3-1-2-4-13(11)17/h1-4,7-8,14,18H,5-6H2. The SMILES string of the molecule is O=[N+]([O-])c1cc(Br)c2c(c1)CCC(c1ccccc1Cl)N2. The highest BCUT2D eigenvalue weighted by atomic mass is 79.9. The molecule has 0 saturated carbocycles. The van der Waals surface area contributed by atoms with Crippen molar-refractivity contribution in [1.29, 1.82) is 0 Å². The average molecular weight is 368 g/mol. The summed E-state index contributed by atoms with van der Waals surface area (Å²) in [5, 5.41) is 15.1. The van der Waals surface area contributed by atoms with Crippen molar-refractivity contribution in [2.45, 2.75) is 18.9 Å². The topological polar surface area (TPSA) is 55.2 Å². The number of nitrogens with one attached hydrogen (secondary N) is 1. The van der Waals surface area contributed by atoms with Crippen molar-refractivity contribution in [3.8, 4) is 0 Å². The first-order chi connectivity index (χ1) is 10.1. The molecule has 0 aliphatic carbocycles. The Balaban J connectivity index is 1.96. The lowest BCUT2D eigenvalue weighted by Crippen LogP contribution is -2.19. The van der Waals surface area contributed by atoms with E-state index in [-0.39, 0.29) is 16.7 Å². The van der Waals surface area contributed by atoms with Crippen molar-refractivity contribution >= 4 is 38.9 Å². The molecule has 0 spiro atoms. The summed E-state index contributed by atoms with van der Waals surface area (Å²) in [6, 6.07) is 11.0. The van der Waals surface area contributed by atoms with Crippen LogP contribution in [0.2, 0.25) is 5.02 Å². The Kier molecular flexibility index (Phi) is 3.87. The van der Waals surface area contributed by atoms with Crippen LogP contribution in [0.4, 0.5) is 11.4 Å². The number of rotatable bonds is 2. The molecule has 1 atom stereocenters. The van der Waals surface area contributed by atoms with Crippen LogP contribution >= 0.6 is 27.5 Å². The number of nitrogens with zero attached hydrogens (tertiary/aromatic N) is 1. The van der Waals surface area contributed by atoms with Gasteiger partial charge in [0.2, 0.25) is 0 Å². The molecular formula is C15H12BrClN2O2. The summed E-state index contributed by atoms with van der Waals surface area (Å²) < 4.78 is 0.712. The molecule has 0 saturated heterocycles. The highest BCUT2D eigenvalue weighted by Crippen LogP contribution is 2.40. The monoisotopic (exact) mass is 366 g/mol. The van der Waals surface area contributed by atoms with E-state index in [2.05, 4.69) is 21.2 Å². The minimum Gasteiger partial charge on any atom is -0.377 e. The summed E-state index contributed by atoms with van der Waals surface area (Å²) in [5.74, 6) is 0. The van der Waals surface area contributed by atoms with E-state index in [1.54, 1.807) is 6.07 Å². The first-order valence-electron chi connectivity index (χ1n) is 6.54. The third-order valence-corrected chi connectivity index (χ3v) is 4.64. The predicted molar refractivity (Wildman–Crippen MR) is 86.9 cm³/mol. The fourth-order valence-electron chi connectivity index (χ4n) is 2.65. The minimum atomic E-state index is -0.370. The van der Waals surface area contributed by atoms with Gasteiger partial charge in [0.15, 0.2) is 0 Å². The highest BCUT2D eigenvalue weighted by molar-refractivity contribution is 9.10. The van der Waals surface area contributed by atoms with E-state index in [0.29, 0.717) is 4.47 Å².